The molecule has 0 aromatic carbocycles. The maximum absolute atomic E-state index is 6.21. The smallest absolute Gasteiger partial charge is 0.0606 e. The van der Waals surface area contributed by atoms with Gasteiger partial charge in [0, 0.05) is 18.6 Å². The first-order valence-electron chi connectivity index (χ1n) is 5.89. The van der Waals surface area contributed by atoms with Crippen LogP contribution in [0.25, 0.3) is 0 Å². The topological polar surface area (TPSA) is 51.8 Å². The van der Waals surface area contributed by atoms with Gasteiger partial charge in [-0.15, -0.1) is 0 Å². The van der Waals surface area contributed by atoms with Gasteiger partial charge in [-0.2, -0.15) is 0 Å². The third-order valence-electron chi connectivity index (χ3n) is 2.84. The Balaban J connectivity index is 2.17. The highest BCUT2D eigenvalue weighted by molar-refractivity contribution is 5.24. The average Bonchev–Trinajstić information content (AvgIpc) is 2.40. The highest BCUT2D eigenvalue weighted by atomic mass is 14.8. The van der Waals surface area contributed by atoms with Gasteiger partial charge in [-0.05, 0) is 36.1 Å². The van der Waals surface area contributed by atoms with Crippen LogP contribution >= 0.6 is 0 Å². The monoisotopic (exact) mass is 227 g/mol. The molecule has 0 spiro atoms. The van der Waals surface area contributed by atoms with Gasteiger partial charge < -0.3 is 5.73 Å². The van der Waals surface area contributed by atoms with Crippen LogP contribution in [0, 0.1) is 0 Å². The van der Waals surface area contributed by atoms with Gasteiger partial charge in [-0.25, -0.2) is 0 Å². The summed E-state index contributed by atoms with van der Waals surface area (Å²) in [6.45, 7) is 2.12. The molecule has 0 fully saturated rings. The number of aromatic nitrogens is 2. The number of nitrogens with zero attached hydrogens (tertiary/aromatic N) is 2. The fourth-order valence-corrected chi connectivity index (χ4v) is 1.95. The number of hydrogen-bond donors (Lipinski definition) is 1. The fraction of sp³-hybridized carbons (Fsp3) is 0.286. The second-order valence-corrected chi connectivity index (χ2v) is 4.07. The van der Waals surface area contributed by atoms with E-state index in [0.29, 0.717) is 0 Å². The molecule has 0 radical (unpaired) electrons. The van der Waals surface area contributed by atoms with Crippen molar-refractivity contribution in [2.75, 3.05) is 0 Å². The molecule has 2 aromatic rings. The van der Waals surface area contributed by atoms with E-state index in [1.807, 2.05) is 24.4 Å². The molecule has 3 nitrogen and oxygen atoms in total. The molecule has 0 bridgehead atoms. The van der Waals surface area contributed by atoms with Crippen LogP contribution in [-0.2, 0) is 12.8 Å². The van der Waals surface area contributed by atoms with E-state index in [2.05, 4.69) is 23.0 Å². The molecule has 1 unspecified atom stereocenters. The molecule has 2 aromatic heterocycles. The largest absolute Gasteiger partial charge is 0.322 e. The Bertz CT molecular complexity index is 468. The van der Waals surface area contributed by atoms with Crippen LogP contribution in [0.15, 0.2) is 42.9 Å². The van der Waals surface area contributed by atoms with Gasteiger partial charge in [0.2, 0.25) is 0 Å². The highest BCUT2D eigenvalue weighted by Crippen LogP contribution is 2.17. The summed E-state index contributed by atoms with van der Waals surface area (Å²) < 4.78 is 0. The number of hydrogen-bond acceptors (Lipinski definition) is 3. The van der Waals surface area contributed by atoms with E-state index in [1.54, 1.807) is 12.4 Å². The van der Waals surface area contributed by atoms with Crippen molar-refractivity contribution in [2.45, 2.75) is 25.8 Å². The molecule has 1 atom stereocenters. The molecule has 0 aliphatic carbocycles. The number of nitrogens with two attached hydrogens (primary N) is 1. The lowest BCUT2D eigenvalue weighted by Crippen LogP contribution is -2.17. The van der Waals surface area contributed by atoms with Gasteiger partial charge in [0.25, 0.3) is 0 Å². The molecule has 2 rings (SSSR count). The Morgan fingerprint density at radius 2 is 2.06 bits per heavy atom. The summed E-state index contributed by atoms with van der Waals surface area (Å²) in [7, 11) is 0. The first-order valence-corrected chi connectivity index (χ1v) is 5.89. The molecule has 3 heteroatoms. The zero-order chi connectivity index (χ0) is 12.1. The van der Waals surface area contributed by atoms with E-state index in [-0.39, 0.29) is 6.04 Å². The van der Waals surface area contributed by atoms with Crippen LogP contribution in [0.5, 0.6) is 0 Å². The summed E-state index contributed by atoms with van der Waals surface area (Å²) in [4.78, 5) is 8.50. The molecule has 0 saturated heterocycles. The van der Waals surface area contributed by atoms with E-state index in [1.165, 1.54) is 5.56 Å². The minimum Gasteiger partial charge on any atom is -0.322 e. The fourth-order valence-electron chi connectivity index (χ4n) is 1.95. The highest BCUT2D eigenvalue weighted by Gasteiger charge is 2.11. The molecule has 0 amide bonds. The van der Waals surface area contributed by atoms with E-state index in [4.69, 9.17) is 5.73 Å². The zero-order valence-corrected chi connectivity index (χ0v) is 10.0. The van der Waals surface area contributed by atoms with E-state index in [9.17, 15) is 0 Å². The van der Waals surface area contributed by atoms with Crippen LogP contribution in [-0.4, -0.2) is 9.97 Å². The zero-order valence-electron chi connectivity index (χ0n) is 10.0. The summed E-state index contributed by atoms with van der Waals surface area (Å²) in [6.07, 6.45) is 7.17. The molecule has 88 valence electrons. The van der Waals surface area contributed by atoms with Crippen LogP contribution in [0.3, 0.4) is 0 Å². The number of aryl methyl sites for hydroxylation is 1. The molecule has 2 heterocycles. The molecular weight excluding hydrogens is 210 g/mol. The molecule has 0 aliphatic rings. The van der Waals surface area contributed by atoms with Crippen molar-refractivity contribution in [1.82, 2.24) is 9.97 Å². The van der Waals surface area contributed by atoms with Crippen LogP contribution < -0.4 is 5.73 Å². The molecular formula is C14H17N3. The Kier molecular flexibility index (Phi) is 3.83. The molecule has 0 aliphatic heterocycles. The minimum absolute atomic E-state index is 0.0599. The summed E-state index contributed by atoms with van der Waals surface area (Å²) in [5.74, 6) is 0. The quantitative estimate of drug-likeness (QED) is 0.871. The molecule has 17 heavy (non-hydrogen) atoms. The van der Waals surface area contributed by atoms with Crippen LogP contribution in [0.4, 0.5) is 0 Å². The third kappa shape index (κ3) is 2.88. The standard InChI is InChI=1S/C14H17N3/c1-2-12-6-4-8-17-14(12)13(15)9-11-5-3-7-16-10-11/h3-8,10,13H,2,9,15H2,1H3. The van der Waals surface area contributed by atoms with Gasteiger partial charge in [-0.3, -0.25) is 9.97 Å². The maximum atomic E-state index is 6.21. The number of rotatable bonds is 4. The van der Waals surface area contributed by atoms with Crippen molar-refractivity contribution in [1.29, 1.82) is 0 Å². The lowest BCUT2D eigenvalue weighted by molar-refractivity contribution is 0.683. The lowest BCUT2D eigenvalue weighted by atomic mass is 10.00. The van der Waals surface area contributed by atoms with Crippen LogP contribution in [0.2, 0.25) is 0 Å². The normalized spacial score (nSPS) is 12.4. The Morgan fingerprint density at radius 3 is 2.76 bits per heavy atom. The molecule has 2 N–H and O–H groups in total. The van der Waals surface area contributed by atoms with Gasteiger partial charge in [-0.1, -0.05) is 19.1 Å². The van der Waals surface area contributed by atoms with Crippen LogP contribution in [0.1, 0.15) is 29.8 Å². The third-order valence-corrected chi connectivity index (χ3v) is 2.84. The number of pyridine rings is 2. The SMILES string of the molecule is CCc1cccnc1C(N)Cc1cccnc1. The summed E-state index contributed by atoms with van der Waals surface area (Å²) >= 11 is 0. The summed E-state index contributed by atoms with van der Waals surface area (Å²) in [6, 6.07) is 7.96. The summed E-state index contributed by atoms with van der Waals surface area (Å²) in [5, 5.41) is 0. The summed E-state index contributed by atoms with van der Waals surface area (Å²) in [5.41, 5.74) is 9.58. The van der Waals surface area contributed by atoms with Gasteiger partial charge in [0.1, 0.15) is 0 Å². The van der Waals surface area contributed by atoms with Crippen molar-refractivity contribution >= 4 is 0 Å². The lowest BCUT2D eigenvalue weighted by Gasteiger charge is -2.14. The molecule has 0 saturated carbocycles. The van der Waals surface area contributed by atoms with E-state index < -0.39 is 0 Å². The Labute approximate surface area is 102 Å². The Hall–Kier alpha value is -1.74. The maximum Gasteiger partial charge on any atom is 0.0606 e. The second kappa shape index (κ2) is 5.55. The average molecular weight is 227 g/mol. The van der Waals surface area contributed by atoms with Crippen molar-refractivity contribution in [3.05, 3.63) is 59.7 Å². The second-order valence-electron chi connectivity index (χ2n) is 4.07. The van der Waals surface area contributed by atoms with Crippen molar-refractivity contribution < 1.29 is 0 Å². The Morgan fingerprint density at radius 1 is 1.24 bits per heavy atom. The van der Waals surface area contributed by atoms with Gasteiger partial charge in [0.15, 0.2) is 0 Å². The first kappa shape index (κ1) is 11.7. The minimum atomic E-state index is -0.0599. The first-order chi connectivity index (χ1) is 8.31. The van der Waals surface area contributed by atoms with Gasteiger partial charge in [0.05, 0.1) is 11.7 Å². The van der Waals surface area contributed by atoms with Crippen molar-refractivity contribution in [3.63, 3.8) is 0 Å². The van der Waals surface area contributed by atoms with Gasteiger partial charge >= 0.3 is 0 Å². The van der Waals surface area contributed by atoms with E-state index in [0.717, 1.165) is 24.1 Å². The van der Waals surface area contributed by atoms with Crippen molar-refractivity contribution in [2.24, 2.45) is 5.73 Å². The van der Waals surface area contributed by atoms with Crippen molar-refractivity contribution in [3.8, 4) is 0 Å². The van der Waals surface area contributed by atoms with E-state index >= 15 is 0 Å². The predicted molar refractivity (Wildman–Crippen MR) is 68.5 cm³/mol. The predicted octanol–water partition coefficient (Wildman–Crippen LogP) is 2.28.